The molecule has 19 heteroatoms. The number of carbonyl (C=O) groups excluding carboxylic acids is 12. The molecule has 0 aromatic heterocycles. The monoisotopic (exact) mass is 898 g/mol. The Labute approximate surface area is 371 Å². The highest BCUT2D eigenvalue weighted by Crippen LogP contribution is 2.38. The van der Waals surface area contributed by atoms with Gasteiger partial charge in [0.2, 0.25) is 0 Å². The lowest BCUT2D eigenvalue weighted by Crippen LogP contribution is -2.02. The van der Waals surface area contributed by atoms with Crippen LogP contribution in [0, 0.1) is 0 Å². The van der Waals surface area contributed by atoms with Crippen LogP contribution in [0.15, 0.2) is 109 Å². The molecule has 0 saturated carbocycles. The molecule has 6 aromatic carbocycles. The van der Waals surface area contributed by atoms with Crippen LogP contribution in [0.25, 0.3) is 22.3 Å². The molecule has 6 aliphatic rings. The molecule has 67 heavy (non-hydrogen) atoms. The summed E-state index contributed by atoms with van der Waals surface area (Å²) in [4.78, 5) is 139. The number of cyclic esters (lactones) is 12. The summed E-state index contributed by atoms with van der Waals surface area (Å²) >= 11 is 0. The van der Waals surface area contributed by atoms with Gasteiger partial charge in [-0.25, -0.2) is 57.5 Å². The van der Waals surface area contributed by atoms with E-state index in [4.69, 9.17) is 4.74 Å². The van der Waals surface area contributed by atoms with Gasteiger partial charge in [-0.1, -0.05) is 42.5 Å². The van der Waals surface area contributed by atoms with Crippen LogP contribution in [-0.2, 0) is 28.4 Å². The molecule has 19 nitrogen and oxygen atoms in total. The molecule has 0 amide bonds. The molecular formula is C48H18O19. The Bertz CT molecular complexity index is 3310. The van der Waals surface area contributed by atoms with Crippen LogP contribution in [-0.4, -0.2) is 71.6 Å². The molecule has 0 N–H and O–H groups in total. The van der Waals surface area contributed by atoms with E-state index in [2.05, 4.69) is 28.4 Å². The van der Waals surface area contributed by atoms with Gasteiger partial charge in [0.05, 0.1) is 66.8 Å². The molecule has 0 aliphatic carbocycles. The minimum Gasteiger partial charge on any atom is -0.457 e. The summed E-state index contributed by atoms with van der Waals surface area (Å²) < 4.78 is 32.9. The Kier molecular flexibility index (Phi) is 9.39. The van der Waals surface area contributed by atoms with E-state index in [1.54, 1.807) is 42.5 Å². The first kappa shape index (κ1) is 41.0. The maximum Gasteiger partial charge on any atom is 0.347 e. The lowest BCUT2D eigenvalue weighted by molar-refractivity contribution is 0.0425. The topological polar surface area (TPSA) is 269 Å². The van der Waals surface area contributed by atoms with Gasteiger partial charge in [-0.05, 0) is 89.0 Å². The predicted octanol–water partition coefficient (Wildman–Crippen LogP) is 6.05. The Hall–Kier alpha value is -10.0. The van der Waals surface area contributed by atoms with E-state index in [0.717, 1.165) is 0 Å². The molecule has 12 rings (SSSR count). The van der Waals surface area contributed by atoms with Crippen molar-refractivity contribution in [2.75, 3.05) is 0 Å². The molecule has 0 radical (unpaired) electrons. The lowest BCUT2D eigenvalue weighted by Gasteiger charge is -2.07. The third-order valence-corrected chi connectivity index (χ3v) is 10.7. The van der Waals surface area contributed by atoms with Gasteiger partial charge in [-0.3, -0.25) is 0 Å². The summed E-state index contributed by atoms with van der Waals surface area (Å²) in [7, 11) is 0. The van der Waals surface area contributed by atoms with Crippen LogP contribution in [0.4, 0.5) is 0 Å². The molecule has 6 heterocycles. The first-order valence-electron chi connectivity index (χ1n) is 19.3. The zero-order valence-corrected chi connectivity index (χ0v) is 33.1. The van der Waals surface area contributed by atoms with Crippen LogP contribution in [0.2, 0.25) is 0 Å². The highest BCUT2D eigenvalue weighted by molar-refractivity contribution is 6.22. The molecule has 0 bridgehead atoms. The zero-order valence-electron chi connectivity index (χ0n) is 33.1. The van der Waals surface area contributed by atoms with Gasteiger partial charge in [0.25, 0.3) is 0 Å². The van der Waals surface area contributed by atoms with Gasteiger partial charge < -0.3 is 33.2 Å². The summed E-state index contributed by atoms with van der Waals surface area (Å²) in [6.45, 7) is 0. The van der Waals surface area contributed by atoms with Crippen molar-refractivity contribution in [3.63, 3.8) is 0 Å². The molecule has 0 fully saturated rings. The van der Waals surface area contributed by atoms with E-state index < -0.39 is 71.6 Å². The SMILES string of the molecule is O=C1OC(=O)c2c1cccc2-c1cccc2c1C(=O)OC2=O.O=C1OC(=O)c2cc(-c3cccc4c3C(=O)OC4=O)ccc21.O=C1OC(=O)c2cc(Oc3ccc4c(c3)C(=O)OC4=O)ccc21. The van der Waals surface area contributed by atoms with E-state index in [1.165, 1.54) is 66.7 Å². The van der Waals surface area contributed by atoms with Gasteiger partial charge in [-0.15, -0.1) is 0 Å². The van der Waals surface area contributed by atoms with Crippen LogP contribution in [0.1, 0.15) is 124 Å². The number of rotatable bonds is 4. The molecule has 0 spiro atoms. The number of ether oxygens (including phenoxy) is 7. The average Bonchev–Trinajstić information content (AvgIpc) is 4.11. The smallest absolute Gasteiger partial charge is 0.347 e. The second-order valence-electron chi connectivity index (χ2n) is 14.5. The number of hydrogen-bond acceptors (Lipinski definition) is 19. The summed E-state index contributed by atoms with van der Waals surface area (Å²) in [6, 6.07) is 27.1. The highest BCUT2D eigenvalue weighted by Gasteiger charge is 2.38. The van der Waals surface area contributed by atoms with Crippen molar-refractivity contribution in [1.82, 2.24) is 0 Å². The minimum absolute atomic E-state index is 0.0908. The minimum atomic E-state index is -0.772. The molecule has 0 unspecified atom stereocenters. The molecule has 0 atom stereocenters. The molecule has 6 aromatic rings. The summed E-state index contributed by atoms with van der Waals surface area (Å²) in [5, 5.41) is 0. The predicted molar refractivity (Wildman–Crippen MR) is 215 cm³/mol. The van der Waals surface area contributed by atoms with E-state index in [1.807, 2.05) is 0 Å². The first-order chi connectivity index (χ1) is 32.2. The van der Waals surface area contributed by atoms with Gasteiger partial charge >= 0.3 is 71.6 Å². The Balaban J connectivity index is 0.000000118. The van der Waals surface area contributed by atoms with E-state index in [0.29, 0.717) is 22.3 Å². The Morgan fingerprint density at radius 1 is 0.239 bits per heavy atom. The van der Waals surface area contributed by atoms with Gasteiger partial charge in [0, 0.05) is 0 Å². The highest BCUT2D eigenvalue weighted by atomic mass is 16.6. The third-order valence-electron chi connectivity index (χ3n) is 10.7. The normalized spacial score (nSPS) is 15.3. The summed E-state index contributed by atoms with van der Waals surface area (Å²) in [5.74, 6) is -8.15. The van der Waals surface area contributed by atoms with Gasteiger partial charge in [0.15, 0.2) is 0 Å². The van der Waals surface area contributed by atoms with Crippen LogP contribution in [0.3, 0.4) is 0 Å². The largest absolute Gasteiger partial charge is 0.457 e. The van der Waals surface area contributed by atoms with Crippen molar-refractivity contribution in [2.24, 2.45) is 0 Å². The maximum absolute atomic E-state index is 11.9. The summed E-state index contributed by atoms with van der Waals surface area (Å²) in [6.07, 6.45) is 0. The molecule has 6 aliphatic heterocycles. The molecular weight excluding hydrogens is 881 g/mol. The fraction of sp³-hybridized carbons (Fsp3) is 0. The standard InChI is InChI=1S/C16H6O7.2C16H6O6/c17-13-9-3-1-7(5-11(9)15(19)22-13)21-8-2-4-10-12(6-8)16(20)23-14(10)18;17-13-9-5-1-3-7(11(9)15(19)21-13)8-4-2-6-10-12(8)16(20)22-14(10)18;17-13-9-5-4-7(6-11(9)15(19)21-13)8-2-1-3-10-12(8)16(20)22-14(10)18/h1-6H;2*1-6H. The van der Waals surface area contributed by atoms with Crippen molar-refractivity contribution in [1.29, 1.82) is 0 Å². The molecule has 324 valence electrons. The van der Waals surface area contributed by atoms with Gasteiger partial charge in [0.1, 0.15) is 11.5 Å². The zero-order chi connectivity index (χ0) is 47.0. The van der Waals surface area contributed by atoms with E-state index in [-0.39, 0.29) is 78.3 Å². The number of hydrogen-bond donors (Lipinski definition) is 0. The number of esters is 12. The Morgan fingerprint density at radius 3 is 0.925 bits per heavy atom. The summed E-state index contributed by atoms with van der Waals surface area (Å²) in [5.41, 5.74) is 3.38. The fourth-order valence-corrected chi connectivity index (χ4v) is 7.73. The van der Waals surface area contributed by atoms with Gasteiger partial charge in [-0.2, -0.15) is 0 Å². The number of benzene rings is 6. The van der Waals surface area contributed by atoms with Crippen molar-refractivity contribution >= 4 is 71.6 Å². The van der Waals surface area contributed by atoms with Crippen molar-refractivity contribution in [3.05, 3.63) is 176 Å². The van der Waals surface area contributed by atoms with Crippen molar-refractivity contribution in [3.8, 4) is 33.8 Å². The molecule has 0 saturated heterocycles. The van der Waals surface area contributed by atoms with Crippen LogP contribution in [0.5, 0.6) is 11.5 Å². The number of fused-ring (bicyclic) bond motifs is 6. The Morgan fingerprint density at radius 2 is 0.522 bits per heavy atom. The number of carbonyl (C=O) groups is 12. The second kappa shape index (κ2) is 15.3. The quantitative estimate of drug-likeness (QED) is 0.111. The lowest BCUT2D eigenvalue weighted by atomic mass is 9.91. The third kappa shape index (κ3) is 6.79. The second-order valence-corrected chi connectivity index (χ2v) is 14.5. The van der Waals surface area contributed by atoms with E-state index >= 15 is 0 Å². The van der Waals surface area contributed by atoms with Crippen LogP contribution >= 0.6 is 0 Å². The van der Waals surface area contributed by atoms with Crippen LogP contribution < -0.4 is 4.74 Å². The average molecular weight is 899 g/mol. The first-order valence-corrected chi connectivity index (χ1v) is 19.3. The maximum atomic E-state index is 11.9. The van der Waals surface area contributed by atoms with Crippen molar-refractivity contribution < 1.29 is 90.7 Å². The fourth-order valence-electron chi connectivity index (χ4n) is 7.73. The van der Waals surface area contributed by atoms with E-state index in [9.17, 15) is 57.5 Å². The van der Waals surface area contributed by atoms with Crippen molar-refractivity contribution in [2.45, 2.75) is 0 Å².